The molecule has 3 N–H and O–H groups in total. The van der Waals surface area contributed by atoms with Gasteiger partial charge in [-0.25, -0.2) is 13.2 Å². The van der Waals surface area contributed by atoms with Crippen molar-refractivity contribution in [2.24, 2.45) is 5.92 Å². The van der Waals surface area contributed by atoms with E-state index in [0.29, 0.717) is 0 Å². The summed E-state index contributed by atoms with van der Waals surface area (Å²) in [6, 6.07) is 14.9. The number of amides is 3. The maximum absolute atomic E-state index is 13.7. The first-order valence-electron chi connectivity index (χ1n) is 13.7. The summed E-state index contributed by atoms with van der Waals surface area (Å²) < 4.78 is 73.2. The maximum atomic E-state index is 13.7. The zero-order chi connectivity index (χ0) is 32.2. The van der Waals surface area contributed by atoms with Gasteiger partial charge in [0.2, 0.25) is 0 Å². The molecule has 1 aliphatic rings. The van der Waals surface area contributed by atoms with E-state index in [9.17, 15) is 36.3 Å². The molecule has 0 bridgehead atoms. The molecule has 1 heterocycles. The number of likely N-dealkylation sites (N-methyl/N-ethyl adjacent to an activating group) is 1. The molecule has 0 spiro atoms. The molecular weight excluding hydrogens is 601 g/mol. The predicted molar refractivity (Wildman–Crippen MR) is 158 cm³/mol. The van der Waals surface area contributed by atoms with Gasteiger partial charge in [0.15, 0.2) is 0 Å². The van der Waals surface area contributed by atoms with Gasteiger partial charge in [0.05, 0.1) is 35.2 Å². The molecule has 236 valence electrons. The monoisotopic (exact) mass is 634 g/mol. The van der Waals surface area contributed by atoms with Gasteiger partial charge in [-0.1, -0.05) is 25.1 Å². The minimum absolute atomic E-state index is 0.0327. The number of urea groups is 1. The number of alkyl halides is 3. The first-order valence-corrected chi connectivity index (χ1v) is 15.2. The molecule has 0 unspecified atom stereocenters. The van der Waals surface area contributed by atoms with Crippen molar-refractivity contribution in [1.29, 1.82) is 0 Å². The number of sulfonamides is 1. The average Bonchev–Trinajstić information content (AvgIpc) is 2.98. The number of anilines is 2. The minimum atomic E-state index is -4.50. The van der Waals surface area contributed by atoms with Crippen LogP contribution < -0.4 is 14.8 Å². The van der Waals surface area contributed by atoms with E-state index >= 15 is 0 Å². The topological polar surface area (TPSA) is 128 Å². The first-order chi connectivity index (χ1) is 20.7. The number of nitrogens with zero attached hydrogens (tertiary/aromatic N) is 2. The SMILES string of the molecule is C[C@@H]1CN([C@H](C)CO)C(=O)c2cc(NS(=O)(=O)c3ccccc3)ccc2O[C@@H]1CN(C)C(=O)Nc1ccc(C(F)(F)F)cc1. The number of carbonyl (C=O) groups excluding carboxylic acids is 2. The lowest BCUT2D eigenvalue weighted by Gasteiger charge is -2.38. The van der Waals surface area contributed by atoms with Gasteiger partial charge in [-0.3, -0.25) is 9.52 Å². The van der Waals surface area contributed by atoms with Crippen LogP contribution in [-0.2, 0) is 16.2 Å². The number of carbonyl (C=O) groups is 2. The Bertz CT molecular complexity index is 1590. The van der Waals surface area contributed by atoms with Crippen LogP contribution in [0, 0.1) is 5.92 Å². The summed E-state index contributed by atoms with van der Waals surface area (Å²) in [6.07, 6.45) is -5.16. The Balaban J connectivity index is 1.57. The first kappa shape index (κ1) is 32.6. The molecule has 10 nitrogen and oxygen atoms in total. The van der Waals surface area contributed by atoms with Crippen LogP contribution in [0.5, 0.6) is 5.75 Å². The average molecular weight is 635 g/mol. The number of aliphatic hydroxyl groups is 1. The molecule has 3 aromatic rings. The van der Waals surface area contributed by atoms with E-state index in [1.165, 1.54) is 47.2 Å². The van der Waals surface area contributed by atoms with E-state index in [2.05, 4.69) is 10.0 Å². The molecule has 0 saturated carbocycles. The van der Waals surface area contributed by atoms with Crippen molar-refractivity contribution in [2.75, 3.05) is 36.8 Å². The van der Waals surface area contributed by atoms with Crippen molar-refractivity contribution in [3.8, 4) is 5.75 Å². The molecule has 0 saturated heterocycles. The lowest BCUT2D eigenvalue weighted by atomic mass is 9.99. The Hall–Kier alpha value is -4.30. The van der Waals surface area contributed by atoms with Crippen LogP contribution in [0.4, 0.5) is 29.3 Å². The molecule has 0 aliphatic carbocycles. The van der Waals surface area contributed by atoms with E-state index in [0.717, 1.165) is 24.3 Å². The number of nitrogens with one attached hydrogen (secondary N) is 2. The minimum Gasteiger partial charge on any atom is -0.487 e. The largest absolute Gasteiger partial charge is 0.487 e. The Morgan fingerprint density at radius 3 is 2.34 bits per heavy atom. The zero-order valence-electron chi connectivity index (χ0n) is 24.2. The molecule has 0 fully saturated rings. The number of ether oxygens (including phenoxy) is 1. The molecule has 44 heavy (non-hydrogen) atoms. The highest BCUT2D eigenvalue weighted by molar-refractivity contribution is 7.92. The summed E-state index contributed by atoms with van der Waals surface area (Å²) in [4.78, 5) is 29.4. The molecule has 3 atom stereocenters. The van der Waals surface area contributed by atoms with Crippen LogP contribution >= 0.6 is 0 Å². The number of fused-ring (bicyclic) bond motifs is 1. The van der Waals surface area contributed by atoms with E-state index in [1.54, 1.807) is 25.1 Å². The molecule has 3 aromatic carbocycles. The lowest BCUT2D eigenvalue weighted by molar-refractivity contribution is -0.137. The Morgan fingerprint density at radius 2 is 1.73 bits per heavy atom. The molecule has 14 heteroatoms. The Labute approximate surface area is 253 Å². The lowest BCUT2D eigenvalue weighted by Crippen LogP contribution is -2.50. The third kappa shape index (κ3) is 7.61. The number of aliphatic hydroxyl groups excluding tert-OH is 1. The highest BCUT2D eigenvalue weighted by atomic mass is 32.2. The molecule has 0 aromatic heterocycles. The van der Waals surface area contributed by atoms with Crippen LogP contribution in [0.2, 0.25) is 0 Å². The Morgan fingerprint density at radius 1 is 1.09 bits per heavy atom. The number of halogens is 3. The quantitative estimate of drug-likeness (QED) is 0.324. The van der Waals surface area contributed by atoms with Gasteiger partial charge in [0.25, 0.3) is 15.9 Å². The fraction of sp³-hybridized carbons (Fsp3) is 0.333. The molecule has 1 aliphatic heterocycles. The van der Waals surface area contributed by atoms with Gasteiger partial charge in [-0.15, -0.1) is 0 Å². The van der Waals surface area contributed by atoms with Crippen molar-refractivity contribution in [1.82, 2.24) is 9.80 Å². The molecular formula is C30H33F3N4O6S. The smallest absolute Gasteiger partial charge is 0.416 e. The van der Waals surface area contributed by atoms with Crippen molar-refractivity contribution >= 4 is 33.3 Å². The van der Waals surface area contributed by atoms with Crippen LogP contribution in [0.3, 0.4) is 0 Å². The summed E-state index contributed by atoms with van der Waals surface area (Å²) >= 11 is 0. The number of rotatable bonds is 8. The fourth-order valence-corrected chi connectivity index (χ4v) is 5.70. The summed E-state index contributed by atoms with van der Waals surface area (Å²) in [5.74, 6) is -0.652. The van der Waals surface area contributed by atoms with E-state index in [4.69, 9.17) is 4.74 Å². The van der Waals surface area contributed by atoms with E-state index < -0.39 is 45.8 Å². The molecule has 3 amide bonds. The predicted octanol–water partition coefficient (Wildman–Crippen LogP) is 4.89. The second-order valence-electron chi connectivity index (χ2n) is 10.6. The molecule has 4 rings (SSSR count). The van der Waals surface area contributed by atoms with Gasteiger partial charge in [0, 0.05) is 30.9 Å². The van der Waals surface area contributed by atoms with E-state index in [-0.39, 0.29) is 53.2 Å². The second-order valence-corrected chi connectivity index (χ2v) is 12.3. The van der Waals surface area contributed by atoms with Gasteiger partial charge < -0.3 is 25.0 Å². The molecule has 0 radical (unpaired) electrons. The Kier molecular flexibility index (Phi) is 9.74. The van der Waals surface area contributed by atoms with Crippen LogP contribution in [-0.4, -0.2) is 74.2 Å². The van der Waals surface area contributed by atoms with Crippen LogP contribution in [0.25, 0.3) is 0 Å². The standard InChI is InChI=1S/C30H33F3N4O6S/c1-19-16-37(20(2)18-38)28(39)25-15-23(35-44(41,42)24-7-5-4-6-8-24)13-14-26(25)43-27(19)17-36(3)29(40)34-22-11-9-21(10-12-22)30(31,32)33/h4-15,19-20,27,35,38H,16-18H2,1-3H3,(H,34,40)/t19-,20-,27-/m1/s1. The van der Waals surface area contributed by atoms with Crippen LogP contribution in [0.1, 0.15) is 29.8 Å². The van der Waals surface area contributed by atoms with Crippen molar-refractivity contribution in [2.45, 2.75) is 37.1 Å². The summed E-state index contributed by atoms with van der Waals surface area (Å²) in [5.41, 5.74) is -0.482. The number of hydrogen-bond donors (Lipinski definition) is 3. The van der Waals surface area contributed by atoms with Gasteiger partial charge in [-0.05, 0) is 61.5 Å². The van der Waals surface area contributed by atoms with Gasteiger partial charge in [0.1, 0.15) is 11.9 Å². The van der Waals surface area contributed by atoms with Crippen molar-refractivity contribution in [3.05, 3.63) is 83.9 Å². The summed E-state index contributed by atoms with van der Waals surface area (Å²) in [7, 11) is -2.46. The maximum Gasteiger partial charge on any atom is 0.416 e. The fourth-order valence-electron chi connectivity index (χ4n) is 4.63. The normalized spacial score (nSPS) is 17.9. The third-order valence-corrected chi connectivity index (χ3v) is 8.63. The third-order valence-electron chi connectivity index (χ3n) is 7.23. The number of benzene rings is 3. The van der Waals surface area contributed by atoms with Crippen LogP contribution in [0.15, 0.2) is 77.7 Å². The summed E-state index contributed by atoms with van der Waals surface area (Å²) in [5, 5.41) is 12.4. The van der Waals surface area contributed by atoms with E-state index in [1.807, 2.05) is 6.92 Å². The number of hydrogen-bond acceptors (Lipinski definition) is 6. The van der Waals surface area contributed by atoms with Crippen molar-refractivity contribution in [3.63, 3.8) is 0 Å². The zero-order valence-corrected chi connectivity index (χ0v) is 25.0. The highest BCUT2D eigenvalue weighted by Crippen LogP contribution is 2.32. The van der Waals surface area contributed by atoms with Gasteiger partial charge in [-0.2, -0.15) is 13.2 Å². The highest BCUT2D eigenvalue weighted by Gasteiger charge is 2.34. The summed E-state index contributed by atoms with van der Waals surface area (Å²) in [6.45, 7) is 3.36. The van der Waals surface area contributed by atoms with Crippen molar-refractivity contribution < 1.29 is 41.0 Å². The second kappa shape index (κ2) is 13.1. The van der Waals surface area contributed by atoms with Gasteiger partial charge >= 0.3 is 12.2 Å².